The van der Waals surface area contributed by atoms with Crippen LogP contribution in [-0.4, -0.2) is 37.7 Å². The van der Waals surface area contributed by atoms with Crippen molar-refractivity contribution >= 4 is 22.6 Å². The number of aryl methyl sites for hydroxylation is 2. The second-order valence-corrected chi connectivity index (χ2v) is 7.29. The van der Waals surface area contributed by atoms with Crippen molar-refractivity contribution in [2.75, 3.05) is 13.1 Å². The van der Waals surface area contributed by atoms with Crippen LogP contribution in [-0.2, 0) is 13.6 Å². The van der Waals surface area contributed by atoms with Crippen LogP contribution in [0.3, 0.4) is 0 Å². The topological polar surface area (TPSA) is 46.8 Å². The van der Waals surface area contributed by atoms with Gasteiger partial charge in [-0.25, -0.2) is 4.98 Å². The van der Waals surface area contributed by atoms with E-state index in [1.54, 1.807) is 6.20 Å². The summed E-state index contributed by atoms with van der Waals surface area (Å²) in [7, 11) is 1.96. The molecule has 3 aromatic rings. The summed E-state index contributed by atoms with van der Waals surface area (Å²) in [6, 6.07) is 8.26. The Labute approximate surface area is 152 Å². The number of piperidine rings is 1. The SMILES string of the molecule is Cc1nn(C)c2nc(C3CCCN(Cc4ccc(Cl)cn4)C3)ccc12. The van der Waals surface area contributed by atoms with Crippen LogP contribution >= 0.6 is 11.6 Å². The number of aromatic nitrogens is 4. The van der Waals surface area contributed by atoms with Gasteiger partial charge in [-0.3, -0.25) is 14.6 Å². The molecule has 0 aliphatic carbocycles. The minimum absolute atomic E-state index is 0.459. The molecule has 130 valence electrons. The second-order valence-electron chi connectivity index (χ2n) is 6.86. The number of fused-ring (bicyclic) bond motifs is 1. The third-order valence-electron chi connectivity index (χ3n) is 4.99. The van der Waals surface area contributed by atoms with E-state index in [0.29, 0.717) is 10.9 Å². The molecule has 0 aromatic carbocycles. The van der Waals surface area contributed by atoms with Crippen LogP contribution in [0.2, 0.25) is 5.02 Å². The van der Waals surface area contributed by atoms with Crippen molar-refractivity contribution < 1.29 is 0 Å². The van der Waals surface area contributed by atoms with Gasteiger partial charge in [0.25, 0.3) is 0 Å². The Bertz CT molecular complexity index is 887. The summed E-state index contributed by atoms with van der Waals surface area (Å²) in [4.78, 5) is 11.8. The number of likely N-dealkylation sites (tertiary alicyclic amines) is 1. The van der Waals surface area contributed by atoms with Crippen molar-refractivity contribution in [1.82, 2.24) is 24.6 Å². The summed E-state index contributed by atoms with van der Waals surface area (Å²) < 4.78 is 1.88. The lowest BCUT2D eigenvalue weighted by atomic mass is 9.94. The molecule has 5 nitrogen and oxygen atoms in total. The van der Waals surface area contributed by atoms with E-state index in [9.17, 15) is 0 Å². The van der Waals surface area contributed by atoms with Crippen molar-refractivity contribution in [2.45, 2.75) is 32.2 Å². The zero-order valence-electron chi connectivity index (χ0n) is 14.6. The molecule has 4 heterocycles. The highest BCUT2D eigenvalue weighted by molar-refractivity contribution is 6.30. The van der Waals surface area contributed by atoms with Crippen molar-refractivity contribution in [3.8, 4) is 0 Å². The predicted molar refractivity (Wildman–Crippen MR) is 99.7 cm³/mol. The van der Waals surface area contributed by atoms with E-state index in [0.717, 1.165) is 42.1 Å². The fourth-order valence-corrected chi connectivity index (χ4v) is 3.83. The van der Waals surface area contributed by atoms with E-state index < -0.39 is 0 Å². The molecule has 0 amide bonds. The molecule has 1 atom stereocenters. The Morgan fingerprint density at radius 2 is 2.12 bits per heavy atom. The molecule has 0 N–H and O–H groups in total. The van der Waals surface area contributed by atoms with E-state index in [1.807, 2.05) is 30.8 Å². The molecule has 1 aliphatic rings. The molecule has 6 heteroatoms. The highest BCUT2D eigenvalue weighted by atomic mass is 35.5. The van der Waals surface area contributed by atoms with Crippen molar-refractivity contribution in [3.63, 3.8) is 0 Å². The number of hydrogen-bond donors (Lipinski definition) is 0. The van der Waals surface area contributed by atoms with Crippen molar-refractivity contribution in [2.24, 2.45) is 7.05 Å². The second kappa shape index (κ2) is 6.73. The normalized spacial score (nSPS) is 18.8. The lowest BCUT2D eigenvalue weighted by Gasteiger charge is -2.32. The molecule has 1 aliphatic heterocycles. The smallest absolute Gasteiger partial charge is 0.158 e. The fraction of sp³-hybridized carbons (Fsp3) is 0.421. The van der Waals surface area contributed by atoms with Crippen molar-refractivity contribution in [1.29, 1.82) is 0 Å². The van der Waals surface area contributed by atoms with Gasteiger partial charge in [0.15, 0.2) is 5.65 Å². The first-order valence-electron chi connectivity index (χ1n) is 8.73. The van der Waals surface area contributed by atoms with Crippen LogP contribution in [0.5, 0.6) is 0 Å². The lowest BCUT2D eigenvalue weighted by Crippen LogP contribution is -2.34. The van der Waals surface area contributed by atoms with Gasteiger partial charge in [0.1, 0.15) is 0 Å². The minimum atomic E-state index is 0.459. The first-order chi connectivity index (χ1) is 12.1. The standard InChI is InChI=1S/C19H22ClN5/c1-13-17-7-8-18(22-19(17)24(2)23-13)14-4-3-9-25(11-14)12-16-6-5-15(20)10-21-16/h5-8,10,14H,3-4,9,11-12H2,1-2H3. The molecule has 0 bridgehead atoms. The number of halogens is 1. The number of hydrogen-bond acceptors (Lipinski definition) is 4. The molecule has 1 saturated heterocycles. The molecule has 1 fully saturated rings. The summed E-state index contributed by atoms with van der Waals surface area (Å²) in [6.07, 6.45) is 4.08. The van der Waals surface area contributed by atoms with Gasteiger partial charge >= 0.3 is 0 Å². The maximum atomic E-state index is 5.93. The Morgan fingerprint density at radius 1 is 1.24 bits per heavy atom. The highest BCUT2D eigenvalue weighted by Gasteiger charge is 2.23. The average Bonchev–Trinajstić information content (AvgIpc) is 2.91. The molecular weight excluding hydrogens is 334 g/mol. The van der Waals surface area contributed by atoms with E-state index in [2.05, 4.69) is 27.1 Å². The summed E-state index contributed by atoms with van der Waals surface area (Å²) >= 11 is 5.93. The van der Waals surface area contributed by atoms with E-state index in [4.69, 9.17) is 16.6 Å². The summed E-state index contributed by atoms with van der Waals surface area (Å²) in [5.74, 6) is 0.459. The van der Waals surface area contributed by atoms with Crippen LogP contribution in [0.25, 0.3) is 11.0 Å². The zero-order chi connectivity index (χ0) is 17.4. The van der Waals surface area contributed by atoms with Crippen LogP contribution in [0, 0.1) is 6.92 Å². The van der Waals surface area contributed by atoms with Gasteiger partial charge in [-0.15, -0.1) is 0 Å². The summed E-state index contributed by atoms with van der Waals surface area (Å²) in [6.45, 7) is 5.01. The third-order valence-corrected chi connectivity index (χ3v) is 5.21. The molecule has 4 rings (SSSR count). The number of pyridine rings is 2. The minimum Gasteiger partial charge on any atom is -0.297 e. The molecule has 1 unspecified atom stereocenters. The first kappa shape index (κ1) is 16.5. The van der Waals surface area contributed by atoms with E-state index in [-0.39, 0.29) is 0 Å². The Kier molecular flexibility index (Phi) is 4.44. The Hall–Kier alpha value is -1.98. The molecule has 0 spiro atoms. The van der Waals surface area contributed by atoms with Crippen LogP contribution in [0.15, 0.2) is 30.5 Å². The molecule has 0 saturated carbocycles. The molecule has 0 radical (unpaired) electrons. The first-order valence-corrected chi connectivity index (χ1v) is 9.11. The van der Waals surface area contributed by atoms with Gasteiger partial charge in [-0.2, -0.15) is 5.10 Å². The van der Waals surface area contributed by atoms with Crippen molar-refractivity contribution in [3.05, 3.63) is 52.6 Å². The summed E-state index contributed by atoms with van der Waals surface area (Å²) in [5.41, 5.74) is 4.25. The van der Waals surface area contributed by atoms with Gasteiger partial charge in [-0.1, -0.05) is 11.6 Å². The molecule has 3 aromatic heterocycles. The van der Waals surface area contributed by atoms with Crippen LogP contribution in [0.1, 0.15) is 35.8 Å². The average molecular weight is 356 g/mol. The van der Waals surface area contributed by atoms with Gasteiger partial charge < -0.3 is 0 Å². The third kappa shape index (κ3) is 3.39. The largest absolute Gasteiger partial charge is 0.297 e. The predicted octanol–water partition coefficient (Wildman–Crippen LogP) is 3.70. The number of rotatable bonds is 3. The van der Waals surface area contributed by atoms with Gasteiger partial charge in [0, 0.05) is 43.3 Å². The highest BCUT2D eigenvalue weighted by Crippen LogP contribution is 2.28. The maximum absolute atomic E-state index is 5.93. The van der Waals surface area contributed by atoms with Crippen LogP contribution < -0.4 is 0 Å². The monoisotopic (exact) mass is 355 g/mol. The van der Waals surface area contributed by atoms with Gasteiger partial charge in [0.2, 0.25) is 0 Å². The molecule has 25 heavy (non-hydrogen) atoms. The van der Waals surface area contributed by atoms with E-state index in [1.165, 1.54) is 18.5 Å². The fourth-order valence-electron chi connectivity index (χ4n) is 3.72. The lowest BCUT2D eigenvalue weighted by molar-refractivity contribution is 0.196. The van der Waals surface area contributed by atoms with Crippen LogP contribution in [0.4, 0.5) is 0 Å². The van der Waals surface area contributed by atoms with Gasteiger partial charge in [-0.05, 0) is 50.6 Å². The summed E-state index contributed by atoms with van der Waals surface area (Å²) in [5, 5.41) is 6.31. The van der Waals surface area contributed by atoms with E-state index >= 15 is 0 Å². The Morgan fingerprint density at radius 3 is 2.92 bits per heavy atom. The zero-order valence-corrected chi connectivity index (χ0v) is 15.4. The quantitative estimate of drug-likeness (QED) is 0.718. The number of nitrogens with zero attached hydrogens (tertiary/aromatic N) is 5. The Balaban J connectivity index is 1.52. The van der Waals surface area contributed by atoms with Gasteiger partial charge in [0.05, 0.1) is 16.4 Å². The molecular formula is C19H22ClN5. The maximum Gasteiger partial charge on any atom is 0.158 e.